The molecule has 22 heavy (non-hydrogen) atoms. The molecule has 0 aliphatic rings. The van der Waals surface area contributed by atoms with Crippen molar-refractivity contribution in [3.8, 4) is 0 Å². The zero-order valence-electron chi connectivity index (χ0n) is 13.1. The lowest BCUT2D eigenvalue weighted by Gasteiger charge is -2.21. The van der Waals surface area contributed by atoms with E-state index >= 15 is 0 Å². The summed E-state index contributed by atoms with van der Waals surface area (Å²) in [6.07, 6.45) is 3.16. The van der Waals surface area contributed by atoms with Crippen LogP contribution in [0.15, 0.2) is 36.7 Å². The van der Waals surface area contributed by atoms with Gasteiger partial charge in [-0.15, -0.1) is 0 Å². The fraction of sp³-hybridized carbons (Fsp3) is 0.467. The largest absolute Gasteiger partial charge is 0.216 e. The van der Waals surface area contributed by atoms with E-state index in [0.29, 0.717) is 6.54 Å². The third kappa shape index (κ3) is 4.92. The summed E-state index contributed by atoms with van der Waals surface area (Å²) in [5.41, 5.74) is 1.83. The normalized spacial score (nSPS) is 13.5. The van der Waals surface area contributed by atoms with Gasteiger partial charge in [0.15, 0.2) is 0 Å². The lowest BCUT2D eigenvalue weighted by Crippen LogP contribution is -2.42. The van der Waals surface area contributed by atoms with E-state index < -0.39 is 10.0 Å². The lowest BCUT2D eigenvalue weighted by atomic mass is 10.1. The van der Waals surface area contributed by atoms with Gasteiger partial charge >= 0.3 is 0 Å². The van der Waals surface area contributed by atoms with Crippen molar-refractivity contribution in [2.24, 2.45) is 5.92 Å². The molecule has 1 heterocycles. The molecule has 2 rings (SSSR count). The van der Waals surface area contributed by atoms with Gasteiger partial charge in [-0.1, -0.05) is 43.7 Å². The van der Waals surface area contributed by atoms with Crippen LogP contribution < -0.4 is 4.72 Å². The highest BCUT2D eigenvalue weighted by atomic mass is 32.2. The maximum Gasteiger partial charge on any atom is 0.216 e. The van der Waals surface area contributed by atoms with Gasteiger partial charge in [0.05, 0.1) is 24.7 Å². The Balaban J connectivity index is 2.07. The third-order valence-corrected chi connectivity index (χ3v) is 4.78. The second-order valence-electron chi connectivity index (χ2n) is 5.80. The molecule has 1 aromatic heterocycles. The van der Waals surface area contributed by atoms with Crippen LogP contribution in [0, 0.1) is 12.8 Å². The highest BCUT2D eigenvalue weighted by Crippen LogP contribution is 2.11. The Morgan fingerprint density at radius 1 is 1.23 bits per heavy atom. The molecule has 0 bridgehead atoms. The molecule has 6 nitrogen and oxygen atoms in total. The number of benzene rings is 1. The van der Waals surface area contributed by atoms with Crippen molar-refractivity contribution in [3.63, 3.8) is 0 Å². The molecule has 0 aliphatic carbocycles. The highest BCUT2D eigenvalue weighted by molar-refractivity contribution is 7.88. The number of sulfonamides is 1. The zero-order chi connectivity index (χ0) is 16.2. The van der Waals surface area contributed by atoms with E-state index in [2.05, 4.69) is 14.9 Å². The molecule has 120 valence electrons. The van der Waals surface area contributed by atoms with Crippen LogP contribution in [-0.2, 0) is 22.3 Å². The number of rotatable bonds is 7. The zero-order valence-corrected chi connectivity index (χ0v) is 13.9. The molecule has 1 unspecified atom stereocenters. The van der Waals surface area contributed by atoms with Crippen LogP contribution >= 0.6 is 0 Å². The number of aromatic nitrogens is 3. The van der Waals surface area contributed by atoms with Gasteiger partial charge in [-0.3, -0.25) is 0 Å². The van der Waals surface area contributed by atoms with Gasteiger partial charge in [0.2, 0.25) is 10.0 Å². The molecule has 0 saturated heterocycles. The predicted octanol–water partition coefficient (Wildman–Crippen LogP) is 1.73. The summed E-state index contributed by atoms with van der Waals surface area (Å²) in [5.74, 6) is 0.114. The van der Waals surface area contributed by atoms with E-state index in [1.807, 2.05) is 45.0 Å². The van der Waals surface area contributed by atoms with Gasteiger partial charge in [-0.05, 0) is 18.4 Å². The first kappa shape index (κ1) is 16.6. The molecule has 7 heteroatoms. The van der Waals surface area contributed by atoms with Crippen LogP contribution in [0.4, 0.5) is 0 Å². The van der Waals surface area contributed by atoms with Gasteiger partial charge in [-0.2, -0.15) is 15.0 Å². The van der Waals surface area contributed by atoms with Crippen molar-refractivity contribution in [2.45, 2.75) is 39.1 Å². The first-order valence-corrected chi connectivity index (χ1v) is 8.90. The fourth-order valence-corrected chi connectivity index (χ4v) is 3.70. The Kier molecular flexibility index (Phi) is 5.31. The van der Waals surface area contributed by atoms with E-state index in [-0.39, 0.29) is 17.7 Å². The summed E-state index contributed by atoms with van der Waals surface area (Å²) >= 11 is 0. The van der Waals surface area contributed by atoms with E-state index in [0.717, 1.165) is 11.1 Å². The van der Waals surface area contributed by atoms with Gasteiger partial charge in [0.1, 0.15) is 0 Å². The van der Waals surface area contributed by atoms with Crippen LogP contribution in [0.25, 0.3) is 0 Å². The van der Waals surface area contributed by atoms with Crippen LogP contribution in [0.3, 0.4) is 0 Å². The van der Waals surface area contributed by atoms with Crippen molar-refractivity contribution in [3.05, 3.63) is 47.8 Å². The minimum atomic E-state index is -3.42. The van der Waals surface area contributed by atoms with Crippen molar-refractivity contribution in [2.75, 3.05) is 0 Å². The molecule has 1 aromatic carbocycles. The van der Waals surface area contributed by atoms with E-state index in [1.54, 1.807) is 12.4 Å². The van der Waals surface area contributed by atoms with Gasteiger partial charge in [0.25, 0.3) is 0 Å². The van der Waals surface area contributed by atoms with Crippen molar-refractivity contribution in [1.29, 1.82) is 0 Å². The molecule has 0 aliphatic heterocycles. The minimum absolute atomic E-state index is 0.0234. The molecule has 0 saturated carbocycles. The van der Waals surface area contributed by atoms with E-state index in [9.17, 15) is 8.42 Å². The van der Waals surface area contributed by atoms with Gasteiger partial charge < -0.3 is 0 Å². The van der Waals surface area contributed by atoms with Crippen LogP contribution in [0.2, 0.25) is 0 Å². The number of hydrogen-bond acceptors (Lipinski definition) is 4. The maximum atomic E-state index is 12.4. The van der Waals surface area contributed by atoms with Crippen LogP contribution in [-0.4, -0.2) is 29.5 Å². The maximum absolute atomic E-state index is 12.4. The van der Waals surface area contributed by atoms with Gasteiger partial charge in [0, 0.05) is 6.04 Å². The average Bonchev–Trinajstić information content (AvgIpc) is 2.90. The summed E-state index contributed by atoms with van der Waals surface area (Å²) in [7, 11) is -3.42. The van der Waals surface area contributed by atoms with Gasteiger partial charge in [-0.25, -0.2) is 13.1 Å². The Morgan fingerprint density at radius 2 is 1.91 bits per heavy atom. The topological polar surface area (TPSA) is 76.9 Å². The number of nitrogens with zero attached hydrogens (tertiary/aromatic N) is 3. The Bertz CT molecular complexity index is 696. The lowest BCUT2D eigenvalue weighted by molar-refractivity contribution is 0.361. The average molecular weight is 322 g/mol. The number of hydrogen-bond donors (Lipinski definition) is 1. The van der Waals surface area contributed by atoms with E-state index in [1.165, 1.54) is 4.80 Å². The first-order chi connectivity index (χ1) is 10.4. The monoisotopic (exact) mass is 322 g/mol. The van der Waals surface area contributed by atoms with Crippen molar-refractivity contribution >= 4 is 10.0 Å². The van der Waals surface area contributed by atoms with Crippen LogP contribution in [0.1, 0.15) is 25.0 Å². The predicted molar refractivity (Wildman–Crippen MR) is 85.6 cm³/mol. The summed E-state index contributed by atoms with van der Waals surface area (Å²) in [6, 6.07) is 7.28. The smallest absolute Gasteiger partial charge is 0.212 e. The third-order valence-electron chi connectivity index (χ3n) is 3.40. The second kappa shape index (κ2) is 7.02. The molecular formula is C15H22N4O2S. The summed E-state index contributed by atoms with van der Waals surface area (Å²) in [4.78, 5) is 1.50. The summed E-state index contributed by atoms with van der Waals surface area (Å²) in [5, 5.41) is 8.07. The molecule has 2 aromatic rings. The van der Waals surface area contributed by atoms with Crippen LogP contribution in [0.5, 0.6) is 0 Å². The molecule has 0 amide bonds. The molecule has 0 radical (unpaired) electrons. The van der Waals surface area contributed by atoms with E-state index in [4.69, 9.17) is 0 Å². The number of nitrogens with one attached hydrogen (secondary N) is 1. The summed E-state index contributed by atoms with van der Waals surface area (Å²) < 4.78 is 27.6. The Hall–Kier alpha value is -1.73. The SMILES string of the molecule is Cc1cccc(CS(=O)(=O)NC(Cn2nccn2)C(C)C)c1. The quantitative estimate of drug-likeness (QED) is 0.842. The van der Waals surface area contributed by atoms with Crippen molar-refractivity contribution < 1.29 is 8.42 Å². The minimum Gasteiger partial charge on any atom is -0.212 e. The molecule has 1 N–H and O–H groups in total. The molecule has 0 spiro atoms. The molecular weight excluding hydrogens is 300 g/mol. The summed E-state index contributed by atoms with van der Waals surface area (Å²) in [6.45, 7) is 6.31. The fourth-order valence-electron chi connectivity index (χ4n) is 2.19. The first-order valence-electron chi connectivity index (χ1n) is 7.25. The Labute approximate surface area is 131 Å². The standard InChI is InChI=1S/C15H22N4O2S/c1-12(2)15(10-19-16-7-8-17-19)18-22(20,21)11-14-6-4-5-13(3)9-14/h4-9,12,15,18H,10-11H2,1-3H3. The number of aryl methyl sites for hydroxylation is 1. The van der Waals surface area contributed by atoms with Crippen molar-refractivity contribution in [1.82, 2.24) is 19.7 Å². The second-order valence-corrected chi connectivity index (χ2v) is 7.55. The Morgan fingerprint density at radius 3 is 2.50 bits per heavy atom. The molecule has 1 atom stereocenters. The molecule has 0 fully saturated rings. The highest BCUT2D eigenvalue weighted by Gasteiger charge is 2.22.